The quantitative estimate of drug-likeness (QED) is 0.845. The summed E-state index contributed by atoms with van der Waals surface area (Å²) >= 11 is 0. The molecule has 1 fully saturated rings. The van der Waals surface area contributed by atoms with E-state index in [-0.39, 0.29) is 18.2 Å². The van der Waals surface area contributed by atoms with Crippen LogP contribution in [0.25, 0.3) is 0 Å². The van der Waals surface area contributed by atoms with E-state index in [4.69, 9.17) is 0 Å². The van der Waals surface area contributed by atoms with Gasteiger partial charge in [0.15, 0.2) is 9.84 Å². The lowest BCUT2D eigenvalue weighted by molar-refractivity contribution is 0.0766. The van der Waals surface area contributed by atoms with Crippen molar-refractivity contribution in [1.82, 2.24) is 9.88 Å². The first-order chi connectivity index (χ1) is 11.1. The number of aromatic nitrogens is 1. The summed E-state index contributed by atoms with van der Waals surface area (Å²) in [4.78, 5) is 18.0. The van der Waals surface area contributed by atoms with E-state index in [1.165, 1.54) is 0 Å². The summed E-state index contributed by atoms with van der Waals surface area (Å²) in [6, 6.07) is 12.5. The molecule has 2 aromatic rings. The maximum Gasteiger partial charge on any atom is 0.253 e. The topological polar surface area (TPSA) is 67.3 Å². The van der Waals surface area contributed by atoms with Gasteiger partial charge in [0.1, 0.15) is 0 Å². The van der Waals surface area contributed by atoms with Crippen LogP contribution < -0.4 is 0 Å². The summed E-state index contributed by atoms with van der Waals surface area (Å²) in [5.41, 5.74) is 1.33. The predicted molar refractivity (Wildman–Crippen MR) is 87.7 cm³/mol. The molecular formula is C17H18N2O3S. The minimum Gasteiger partial charge on any atom is -0.338 e. The van der Waals surface area contributed by atoms with E-state index in [9.17, 15) is 13.2 Å². The van der Waals surface area contributed by atoms with Crippen LogP contribution in [0.4, 0.5) is 0 Å². The van der Waals surface area contributed by atoms with Crippen LogP contribution in [0.1, 0.15) is 27.6 Å². The van der Waals surface area contributed by atoms with Crippen molar-refractivity contribution in [2.45, 2.75) is 11.7 Å². The van der Waals surface area contributed by atoms with E-state index >= 15 is 0 Å². The predicted octanol–water partition coefficient (Wildman–Crippen LogP) is 2.08. The van der Waals surface area contributed by atoms with Crippen LogP contribution in [0, 0.1) is 0 Å². The SMILES string of the molecule is O=C(c1ccncc1)N1CCC(c2ccccc2)S(=O)(=O)CC1. The lowest BCUT2D eigenvalue weighted by Gasteiger charge is -2.20. The molecule has 3 rings (SSSR count). The van der Waals surface area contributed by atoms with Gasteiger partial charge in [-0.15, -0.1) is 0 Å². The van der Waals surface area contributed by atoms with E-state index in [0.717, 1.165) is 5.56 Å². The van der Waals surface area contributed by atoms with Gasteiger partial charge in [0.05, 0.1) is 11.0 Å². The fourth-order valence-electron chi connectivity index (χ4n) is 2.87. The largest absolute Gasteiger partial charge is 0.338 e. The van der Waals surface area contributed by atoms with Gasteiger partial charge < -0.3 is 4.90 Å². The summed E-state index contributed by atoms with van der Waals surface area (Å²) in [7, 11) is -3.27. The normalized spacial score (nSPS) is 20.7. The number of carbonyl (C=O) groups is 1. The van der Waals surface area contributed by atoms with Crippen molar-refractivity contribution >= 4 is 15.7 Å². The Balaban J connectivity index is 1.82. The van der Waals surface area contributed by atoms with Crippen molar-refractivity contribution in [1.29, 1.82) is 0 Å². The molecule has 1 atom stereocenters. The van der Waals surface area contributed by atoms with Crippen molar-refractivity contribution in [2.24, 2.45) is 0 Å². The molecule has 120 valence electrons. The number of hydrogen-bond acceptors (Lipinski definition) is 4. The van der Waals surface area contributed by atoms with Gasteiger partial charge in [0.2, 0.25) is 0 Å². The molecule has 1 amide bonds. The highest BCUT2D eigenvalue weighted by Crippen LogP contribution is 2.29. The van der Waals surface area contributed by atoms with Gasteiger partial charge in [-0.25, -0.2) is 8.42 Å². The number of rotatable bonds is 2. The van der Waals surface area contributed by atoms with E-state index in [1.54, 1.807) is 29.4 Å². The fourth-order valence-corrected chi connectivity index (χ4v) is 4.66. The Hall–Kier alpha value is -2.21. The molecule has 0 bridgehead atoms. The molecule has 0 radical (unpaired) electrons. The summed E-state index contributed by atoms with van der Waals surface area (Å²) in [6.45, 7) is 0.659. The molecule has 1 saturated heterocycles. The van der Waals surface area contributed by atoms with Crippen molar-refractivity contribution < 1.29 is 13.2 Å². The van der Waals surface area contributed by atoms with Gasteiger partial charge in [-0.05, 0) is 24.1 Å². The molecule has 0 N–H and O–H groups in total. The Bertz CT molecular complexity index is 776. The molecule has 1 unspecified atom stereocenters. The van der Waals surface area contributed by atoms with Crippen molar-refractivity contribution in [2.75, 3.05) is 18.8 Å². The number of amides is 1. The molecule has 1 aliphatic rings. The van der Waals surface area contributed by atoms with Gasteiger partial charge in [-0.1, -0.05) is 30.3 Å². The lowest BCUT2D eigenvalue weighted by Crippen LogP contribution is -2.33. The zero-order valence-corrected chi connectivity index (χ0v) is 13.4. The Morgan fingerprint density at radius 1 is 1.04 bits per heavy atom. The third-order valence-electron chi connectivity index (χ3n) is 4.13. The smallest absolute Gasteiger partial charge is 0.253 e. The zero-order chi connectivity index (χ0) is 16.3. The maximum absolute atomic E-state index is 12.6. The van der Waals surface area contributed by atoms with Crippen LogP contribution in [0.2, 0.25) is 0 Å². The number of hydrogen-bond donors (Lipinski definition) is 0. The summed E-state index contributed by atoms with van der Waals surface area (Å²) < 4.78 is 25.1. The second-order valence-corrected chi connectivity index (χ2v) is 7.89. The molecular weight excluding hydrogens is 312 g/mol. The first kappa shape index (κ1) is 15.7. The second-order valence-electron chi connectivity index (χ2n) is 5.58. The van der Waals surface area contributed by atoms with Crippen LogP contribution >= 0.6 is 0 Å². The number of sulfone groups is 1. The Labute approximate surface area is 135 Å². The zero-order valence-electron chi connectivity index (χ0n) is 12.6. The highest BCUT2D eigenvalue weighted by Gasteiger charge is 2.32. The van der Waals surface area contributed by atoms with Gasteiger partial charge in [0.25, 0.3) is 5.91 Å². The minimum absolute atomic E-state index is 0.0105. The van der Waals surface area contributed by atoms with Gasteiger partial charge in [-0.2, -0.15) is 0 Å². The van der Waals surface area contributed by atoms with Gasteiger partial charge in [-0.3, -0.25) is 9.78 Å². The third kappa shape index (κ3) is 3.42. The van der Waals surface area contributed by atoms with Crippen LogP contribution in [-0.4, -0.2) is 43.1 Å². The van der Waals surface area contributed by atoms with Crippen molar-refractivity contribution in [3.05, 3.63) is 66.0 Å². The Kier molecular flexibility index (Phi) is 4.43. The molecule has 23 heavy (non-hydrogen) atoms. The lowest BCUT2D eigenvalue weighted by atomic mass is 10.1. The summed E-state index contributed by atoms with van der Waals surface area (Å²) in [6.07, 6.45) is 3.55. The van der Waals surface area contributed by atoms with E-state index < -0.39 is 15.1 Å². The number of nitrogens with zero attached hydrogens (tertiary/aromatic N) is 2. The number of benzene rings is 1. The minimum atomic E-state index is -3.27. The van der Waals surface area contributed by atoms with E-state index in [2.05, 4.69) is 4.98 Å². The van der Waals surface area contributed by atoms with Gasteiger partial charge >= 0.3 is 0 Å². The van der Waals surface area contributed by atoms with Crippen LogP contribution in [0.5, 0.6) is 0 Å². The van der Waals surface area contributed by atoms with Crippen molar-refractivity contribution in [3.8, 4) is 0 Å². The molecule has 1 aromatic carbocycles. The standard InChI is InChI=1S/C17H18N2O3S/c20-17(15-6-9-18-10-7-15)19-11-8-16(23(21,22)13-12-19)14-4-2-1-3-5-14/h1-7,9-10,16H,8,11-13H2. The number of pyridine rings is 1. The van der Waals surface area contributed by atoms with Gasteiger partial charge in [0, 0.05) is 31.0 Å². The Morgan fingerprint density at radius 3 is 2.43 bits per heavy atom. The highest BCUT2D eigenvalue weighted by molar-refractivity contribution is 7.91. The highest BCUT2D eigenvalue weighted by atomic mass is 32.2. The fraction of sp³-hybridized carbons (Fsp3) is 0.294. The molecule has 2 heterocycles. The number of carbonyl (C=O) groups excluding carboxylic acids is 1. The van der Waals surface area contributed by atoms with Crippen LogP contribution in [-0.2, 0) is 9.84 Å². The summed E-state index contributed by atoms with van der Waals surface area (Å²) in [5.74, 6) is -0.153. The van der Waals surface area contributed by atoms with E-state index in [1.807, 2.05) is 30.3 Å². The maximum atomic E-state index is 12.6. The molecule has 5 nitrogen and oxygen atoms in total. The Morgan fingerprint density at radius 2 is 1.74 bits per heavy atom. The second kappa shape index (κ2) is 6.50. The molecule has 0 saturated carbocycles. The molecule has 1 aliphatic heterocycles. The van der Waals surface area contributed by atoms with Crippen LogP contribution in [0.3, 0.4) is 0 Å². The van der Waals surface area contributed by atoms with Crippen LogP contribution in [0.15, 0.2) is 54.9 Å². The third-order valence-corrected chi connectivity index (χ3v) is 6.25. The molecule has 6 heteroatoms. The molecule has 0 aliphatic carbocycles. The average Bonchev–Trinajstić information content (AvgIpc) is 2.74. The van der Waals surface area contributed by atoms with E-state index in [0.29, 0.717) is 18.5 Å². The van der Waals surface area contributed by atoms with Crippen molar-refractivity contribution in [3.63, 3.8) is 0 Å². The molecule has 1 aromatic heterocycles. The first-order valence-electron chi connectivity index (χ1n) is 7.54. The monoisotopic (exact) mass is 330 g/mol. The average molecular weight is 330 g/mol. The first-order valence-corrected chi connectivity index (χ1v) is 9.25. The summed E-state index contributed by atoms with van der Waals surface area (Å²) in [5, 5.41) is -0.543. The molecule has 0 spiro atoms.